The van der Waals surface area contributed by atoms with Gasteiger partial charge in [-0.3, -0.25) is 9.59 Å². The van der Waals surface area contributed by atoms with Crippen molar-refractivity contribution in [3.63, 3.8) is 0 Å². The first-order valence-corrected chi connectivity index (χ1v) is 8.13. The number of amides is 2. The van der Waals surface area contributed by atoms with Gasteiger partial charge in [-0.25, -0.2) is 0 Å². The van der Waals surface area contributed by atoms with Crippen LogP contribution in [-0.4, -0.2) is 18.4 Å². The Bertz CT molecular complexity index is 843. The summed E-state index contributed by atoms with van der Waals surface area (Å²) < 4.78 is 0. The van der Waals surface area contributed by atoms with E-state index in [-0.39, 0.29) is 24.8 Å². The number of hydrogen-bond donors (Lipinski definition) is 1. The zero-order valence-corrected chi connectivity index (χ0v) is 14.8. The fourth-order valence-corrected chi connectivity index (χ4v) is 2.58. The summed E-state index contributed by atoms with van der Waals surface area (Å²) in [6.45, 7) is 3.46. The molecule has 0 aliphatic heterocycles. The average molecular weight is 356 g/mol. The molecule has 128 valence electrons. The number of nitriles is 1. The lowest BCUT2D eigenvalue weighted by Gasteiger charge is -2.22. The molecule has 25 heavy (non-hydrogen) atoms. The quantitative estimate of drug-likeness (QED) is 0.883. The molecular formula is C19H18ClN3O2. The number of nitrogens with one attached hydrogen (secondary N) is 1. The van der Waals surface area contributed by atoms with E-state index >= 15 is 0 Å². The molecule has 6 heteroatoms. The van der Waals surface area contributed by atoms with Crippen molar-refractivity contribution in [2.45, 2.75) is 20.3 Å². The first-order valence-electron chi connectivity index (χ1n) is 7.75. The van der Waals surface area contributed by atoms with E-state index in [1.165, 1.54) is 11.8 Å². The lowest BCUT2D eigenvalue weighted by atomic mass is 10.1. The van der Waals surface area contributed by atoms with Crippen LogP contribution in [0.5, 0.6) is 0 Å². The number of carbonyl (C=O) groups is 2. The van der Waals surface area contributed by atoms with Crippen LogP contribution in [0.15, 0.2) is 42.5 Å². The Balaban J connectivity index is 2.09. The Kier molecular flexibility index (Phi) is 6.15. The van der Waals surface area contributed by atoms with E-state index in [0.717, 1.165) is 5.56 Å². The van der Waals surface area contributed by atoms with E-state index in [9.17, 15) is 14.9 Å². The van der Waals surface area contributed by atoms with Gasteiger partial charge in [0.1, 0.15) is 6.07 Å². The molecule has 0 bridgehead atoms. The van der Waals surface area contributed by atoms with E-state index in [1.54, 1.807) is 36.4 Å². The number of halogens is 1. The molecule has 0 fully saturated rings. The summed E-state index contributed by atoms with van der Waals surface area (Å²) in [5.74, 6) is -0.458. The Morgan fingerprint density at radius 1 is 1.24 bits per heavy atom. The summed E-state index contributed by atoms with van der Waals surface area (Å²) in [5, 5.41) is 12.5. The molecule has 0 spiro atoms. The minimum atomic E-state index is -0.231. The number of hydrogen-bond acceptors (Lipinski definition) is 3. The van der Waals surface area contributed by atoms with Crippen molar-refractivity contribution in [3.8, 4) is 6.07 Å². The maximum absolute atomic E-state index is 12.2. The van der Waals surface area contributed by atoms with Gasteiger partial charge < -0.3 is 10.2 Å². The van der Waals surface area contributed by atoms with Crippen LogP contribution in [0, 0.1) is 18.3 Å². The predicted molar refractivity (Wildman–Crippen MR) is 98.6 cm³/mol. The molecule has 0 unspecified atom stereocenters. The van der Waals surface area contributed by atoms with Gasteiger partial charge in [0.15, 0.2) is 0 Å². The third-order valence-corrected chi connectivity index (χ3v) is 3.97. The van der Waals surface area contributed by atoms with Crippen molar-refractivity contribution in [1.29, 1.82) is 5.26 Å². The minimum Gasteiger partial charge on any atom is -0.326 e. The number of para-hydroxylation sites is 1. The van der Waals surface area contributed by atoms with E-state index < -0.39 is 0 Å². The van der Waals surface area contributed by atoms with Crippen LogP contribution in [0.4, 0.5) is 11.4 Å². The molecule has 5 nitrogen and oxygen atoms in total. The Labute approximate surface area is 151 Å². The van der Waals surface area contributed by atoms with Crippen LogP contribution >= 0.6 is 11.6 Å². The Hall–Kier alpha value is -2.84. The number of aryl methyl sites for hydroxylation is 1. The number of benzene rings is 2. The minimum absolute atomic E-state index is 0.102. The van der Waals surface area contributed by atoms with Crippen LogP contribution < -0.4 is 10.2 Å². The molecule has 0 saturated heterocycles. The second-order valence-electron chi connectivity index (χ2n) is 5.56. The first-order chi connectivity index (χ1) is 11.9. The molecular weight excluding hydrogens is 338 g/mol. The average Bonchev–Trinajstić information content (AvgIpc) is 2.58. The summed E-state index contributed by atoms with van der Waals surface area (Å²) in [4.78, 5) is 25.6. The van der Waals surface area contributed by atoms with Crippen molar-refractivity contribution < 1.29 is 9.59 Å². The van der Waals surface area contributed by atoms with Crippen LogP contribution in [0.3, 0.4) is 0 Å². The standard InChI is InChI=1S/C19H18ClN3O2/c1-13-7-8-16(20)11-17(13)22-19(25)9-10-23(14(2)24)18-6-4-3-5-15(18)12-21/h3-8,11H,9-10H2,1-2H3,(H,22,25). The fraction of sp³-hybridized carbons (Fsp3) is 0.211. The van der Waals surface area contributed by atoms with Crippen molar-refractivity contribution in [2.75, 3.05) is 16.8 Å². The maximum Gasteiger partial charge on any atom is 0.226 e. The SMILES string of the molecule is CC(=O)N(CCC(=O)Nc1cc(Cl)ccc1C)c1ccccc1C#N. The van der Waals surface area contributed by atoms with Gasteiger partial charge in [-0.2, -0.15) is 5.26 Å². The van der Waals surface area contributed by atoms with Gasteiger partial charge in [0.25, 0.3) is 0 Å². The normalized spacial score (nSPS) is 10.0. The van der Waals surface area contributed by atoms with Crippen LogP contribution in [0.25, 0.3) is 0 Å². The fourth-order valence-electron chi connectivity index (χ4n) is 2.41. The van der Waals surface area contributed by atoms with Crippen LogP contribution in [-0.2, 0) is 9.59 Å². The Morgan fingerprint density at radius 2 is 1.96 bits per heavy atom. The van der Waals surface area contributed by atoms with E-state index in [2.05, 4.69) is 11.4 Å². The van der Waals surface area contributed by atoms with E-state index in [0.29, 0.717) is 22.0 Å². The van der Waals surface area contributed by atoms with E-state index in [4.69, 9.17) is 11.6 Å². The second-order valence-corrected chi connectivity index (χ2v) is 5.99. The lowest BCUT2D eigenvalue weighted by Crippen LogP contribution is -2.32. The van der Waals surface area contributed by atoms with Gasteiger partial charge in [-0.05, 0) is 36.8 Å². The zero-order chi connectivity index (χ0) is 18.4. The highest BCUT2D eigenvalue weighted by atomic mass is 35.5. The number of nitrogens with zero attached hydrogens (tertiary/aromatic N) is 2. The molecule has 0 saturated carbocycles. The lowest BCUT2D eigenvalue weighted by molar-refractivity contribution is -0.117. The van der Waals surface area contributed by atoms with Crippen molar-refractivity contribution in [1.82, 2.24) is 0 Å². The van der Waals surface area contributed by atoms with Gasteiger partial charge in [-0.1, -0.05) is 29.8 Å². The number of anilines is 2. The first kappa shape index (κ1) is 18.5. The highest BCUT2D eigenvalue weighted by molar-refractivity contribution is 6.31. The predicted octanol–water partition coefficient (Wildman–Crippen LogP) is 3.90. The molecule has 0 aliphatic rings. The molecule has 0 heterocycles. The smallest absolute Gasteiger partial charge is 0.226 e. The summed E-state index contributed by atoms with van der Waals surface area (Å²) in [7, 11) is 0. The van der Waals surface area contributed by atoms with Gasteiger partial charge in [0, 0.05) is 30.6 Å². The molecule has 1 N–H and O–H groups in total. The van der Waals surface area contributed by atoms with Crippen molar-refractivity contribution >= 4 is 34.8 Å². The summed E-state index contributed by atoms with van der Waals surface area (Å²) in [5.41, 5.74) is 2.44. The van der Waals surface area contributed by atoms with Gasteiger partial charge in [0.05, 0.1) is 11.3 Å². The highest BCUT2D eigenvalue weighted by Gasteiger charge is 2.16. The van der Waals surface area contributed by atoms with Gasteiger partial charge in [0.2, 0.25) is 11.8 Å². The zero-order valence-electron chi connectivity index (χ0n) is 14.0. The maximum atomic E-state index is 12.2. The number of carbonyl (C=O) groups excluding carboxylic acids is 2. The third-order valence-electron chi connectivity index (χ3n) is 3.73. The molecule has 2 rings (SSSR count). The van der Waals surface area contributed by atoms with E-state index in [1.807, 2.05) is 13.0 Å². The second kappa shape index (κ2) is 8.32. The highest BCUT2D eigenvalue weighted by Crippen LogP contribution is 2.22. The topological polar surface area (TPSA) is 73.2 Å². The summed E-state index contributed by atoms with van der Waals surface area (Å²) in [6, 6.07) is 14.1. The van der Waals surface area contributed by atoms with Crippen molar-refractivity contribution in [2.24, 2.45) is 0 Å². The molecule has 2 aromatic carbocycles. The molecule has 2 aromatic rings. The van der Waals surface area contributed by atoms with Crippen LogP contribution in [0.1, 0.15) is 24.5 Å². The molecule has 0 aromatic heterocycles. The number of rotatable bonds is 5. The monoisotopic (exact) mass is 355 g/mol. The van der Waals surface area contributed by atoms with Gasteiger partial charge in [-0.15, -0.1) is 0 Å². The largest absolute Gasteiger partial charge is 0.326 e. The van der Waals surface area contributed by atoms with Crippen molar-refractivity contribution in [3.05, 3.63) is 58.6 Å². The summed E-state index contributed by atoms with van der Waals surface area (Å²) in [6.07, 6.45) is 0.102. The summed E-state index contributed by atoms with van der Waals surface area (Å²) >= 11 is 5.95. The van der Waals surface area contributed by atoms with Crippen LogP contribution in [0.2, 0.25) is 5.02 Å². The molecule has 2 amide bonds. The molecule has 0 radical (unpaired) electrons. The molecule has 0 atom stereocenters. The molecule has 0 aliphatic carbocycles. The third kappa shape index (κ3) is 4.82. The Morgan fingerprint density at radius 3 is 2.64 bits per heavy atom. The van der Waals surface area contributed by atoms with Gasteiger partial charge >= 0.3 is 0 Å².